The monoisotopic (exact) mass is 324 g/mol. The first-order valence-corrected chi connectivity index (χ1v) is 12.1. The van der Waals surface area contributed by atoms with E-state index >= 15 is 0 Å². The van der Waals surface area contributed by atoms with Gasteiger partial charge in [-0.15, -0.1) is 0 Å². The van der Waals surface area contributed by atoms with Crippen LogP contribution in [0.4, 0.5) is 0 Å². The van der Waals surface area contributed by atoms with Gasteiger partial charge in [-0.25, -0.2) is 0 Å². The quantitative estimate of drug-likeness (QED) is 0.509. The summed E-state index contributed by atoms with van der Waals surface area (Å²) in [5.74, 6) is 1.41. The van der Waals surface area contributed by atoms with Gasteiger partial charge < -0.3 is 9.22 Å². The zero-order valence-electron chi connectivity index (χ0n) is 15.7. The maximum Gasteiger partial charge on any atom is 0.192 e. The maximum absolute atomic E-state index is 11.3. The van der Waals surface area contributed by atoms with Crippen LogP contribution in [0, 0.1) is 23.2 Å². The number of carbonyl (C=O) groups is 1. The number of hydrogen-bond acceptors (Lipinski definition) is 2. The molecule has 5 atom stereocenters. The van der Waals surface area contributed by atoms with Gasteiger partial charge in [0.2, 0.25) is 0 Å². The van der Waals surface area contributed by atoms with Crippen LogP contribution in [0.5, 0.6) is 0 Å². The zero-order chi connectivity index (χ0) is 16.8. The van der Waals surface area contributed by atoms with E-state index in [1.165, 1.54) is 38.4 Å². The first-order valence-electron chi connectivity index (χ1n) is 9.16. The molecule has 2 aliphatic rings. The van der Waals surface area contributed by atoms with E-state index in [1.807, 2.05) is 0 Å². The lowest BCUT2D eigenvalue weighted by Gasteiger charge is -2.49. The fourth-order valence-electron chi connectivity index (χ4n) is 4.81. The fraction of sp³-hybridized carbons (Fsp3) is 0.947. The molecule has 128 valence electrons. The topological polar surface area (TPSA) is 26.3 Å². The molecule has 0 spiro atoms. The van der Waals surface area contributed by atoms with Crippen LogP contribution in [0.25, 0.3) is 0 Å². The first-order chi connectivity index (χ1) is 10.0. The molecule has 0 saturated heterocycles. The van der Waals surface area contributed by atoms with Crippen molar-refractivity contribution in [2.45, 2.75) is 91.0 Å². The molecular weight excluding hydrogens is 288 g/mol. The Labute approximate surface area is 138 Å². The van der Waals surface area contributed by atoms with Gasteiger partial charge in [-0.05, 0) is 61.1 Å². The van der Waals surface area contributed by atoms with E-state index in [2.05, 4.69) is 47.7 Å². The van der Waals surface area contributed by atoms with Crippen LogP contribution in [0.15, 0.2) is 0 Å². The Morgan fingerprint density at radius 1 is 1.23 bits per heavy atom. The summed E-state index contributed by atoms with van der Waals surface area (Å²) in [4.78, 5) is 11.3. The highest BCUT2D eigenvalue weighted by molar-refractivity contribution is 6.74. The molecule has 0 bridgehead atoms. The molecule has 0 aliphatic heterocycles. The third kappa shape index (κ3) is 3.08. The normalized spacial score (nSPS) is 37.7. The van der Waals surface area contributed by atoms with Crippen molar-refractivity contribution in [3.63, 3.8) is 0 Å². The van der Waals surface area contributed by atoms with Gasteiger partial charge in [0, 0.05) is 12.0 Å². The smallest absolute Gasteiger partial charge is 0.192 e. The van der Waals surface area contributed by atoms with E-state index in [1.54, 1.807) is 0 Å². The van der Waals surface area contributed by atoms with E-state index in [-0.39, 0.29) is 11.0 Å². The molecule has 0 heterocycles. The number of carbonyl (C=O) groups excluding carboxylic acids is 1. The summed E-state index contributed by atoms with van der Waals surface area (Å²) < 4.78 is 6.83. The molecule has 2 aliphatic carbocycles. The second-order valence-corrected chi connectivity index (χ2v) is 14.4. The lowest BCUT2D eigenvalue weighted by Crippen LogP contribution is -2.50. The third-order valence-electron chi connectivity index (χ3n) is 7.24. The van der Waals surface area contributed by atoms with Crippen molar-refractivity contribution >= 4 is 14.6 Å². The van der Waals surface area contributed by atoms with Crippen molar-refractivity contribution in [1.82, 2.24) is 0 Å². The minimum absolute atomic E-state index is 0.196. The van der Waals surface area contributed by atoms with E-state index in [9.17, 15) is 4.79 Å². The van der Waals surface area contributed by atoms with Crippen LogP contribution >= 0.6 is 0 Å². The van der Waals surface area contributed by atoms with Gasteiger partial charge in [0.05, 0.1) is 0 Å². The fourth-order valence-corrected chi connectivity index (χ4v) is 6.21. The van der Waals surface area contributed by atoms with Gasteiger partial charge in [0.25, 0.3) is 0 Å². The summed E-state index contributed by atoms with van der Waals surface area (Å²) in [6.07, 6.45) is 7.80. The van der Waals surface area contributed by atoms with Gasteiger partial charge in [-0.1, -0.05) is 41.0 Å². The Morgan fingerprint density at radius 3 is 2.41 bits per heavy atom. The van der Waals surface area contributed by atoms with Crippen molar-refractivity contribution in [1.29, 1.82) is 0 Å². The van der Waals surface area contributed by atoms with Gasteiger partial charge in [0.1, 0.15) is 6.29 Å². The Balaban J connectivity index is 2.18. The minimum Gasteiger partial charge on any atom is -0.414 e. The van der Waals surface area contributed by atoms with E-state index in [0.29, 0.717) is 23.4 Å². The zero-order valence-corrected chi connectivity index (χ0v) is 16.7. The van der Waals surface area contributed by atoms with Crippen molar-refractivity contribution in [2.24, 2.45) is 23.2 Å². The minimum atomic E-state index is -1.71. The van der Waals surface area contributed by atoms with Crippen LogP contribution in [-0.4, -0.2) is 20.7 Å². The van der Waals surface area contributed by atoms with Crippen LogP contribution < -0.4 is 0 Å². The Hall–Kier alpha value is -0.153. The lowest BCUT2D eigenvalue weighted by atomic mass is 9.62. The van der Waals surface area contributed by atoms with Crippen molar-refractivity contribution in [3.05, 3.63) is 0 Å². The average Bonchev–Trinajstić information content (AvgIpc) is 2.74. The summed E-state index contributed by atoms with van der Waals surface area (Å²) in [5, 5.41) is 0.273. The molecule has 22 heavy (non-hydrogen) atoms. The van der Waals surface area contributed by atoms with Gasteiger partial charge in [-0.3, -0.25) is 0 Å². The molecule has 0 aromatic carbocycles. The predicted octanol–water partition coefficient (Wildman–Crippen LogP) is 5.43. The third-order valence-corrected chi connectivity index (χ3v) is 11.7. The first kappa shape index (κ1) is 18.2. The molecule has 0 N–H and O–H groups in total. The largest absolute Gasteiger partial charge is 0.414 e. The van der Waals surface area contributed by atoms with Crippen molar-refractivity contribution in [2.75, 3.05) is 0 Å². The van der Waals surface area contributed by atoms with Crippen LogP contribution in [0.2, 0.25) is 18.1 Å². The second kappa shape index (κ2) is 6.05. The number of rotatable bonds is 4. The molecular formula is C19H36O2Si. The van der Waals surface area contributed by atoms with Gasteiger partial charge >= 0.3 is 0 Å². The number of hydrogen-bond donors (Lipinski definition) is 0. The molecule has 2 fully saturated rings. The Bertz CT molecular complexity index is 412. The molecule has 2 saturated carbocycles. The van der Waals surface area contributed by atoms with Crippen LogP contribution in [0.1, 0.15) is 66.7 Å². The molecule has 2 nitrogen and oxygen atoms in total. The van der Waals surface area contributed by atoms with Gasteiger partial charge in [-0.2, -0.15) is 0 Å². The standard InChI is InChI=1S/C19H36O2Si/c1-14(13-20)15-10-11-16-17(9-8-12-19(15,16)5)21-22(6,7)18(2,3)4/h13-17H,8-12H2,1-7H3/t14-,15?,16-,17-,19+/m0/s1. The lowest BCUT2D eigenvalue weighted by molar-refractivity contribution is -0.114. The molecule has 2 rings (SSSR count). The summed E-state index contributed by atoms with van der Waals surface area (Å²) in [6, 6.07) is 0. The summed E-state index contributed by atoms with van der Waals surface area (Å²) in [6.45, 7) is 16.3. The summed E-state index contributed by atoms with van der Waals surface area (Å²) in [7, 11) is -1.71. The summed E-state index contributed by atoms with van der Waals surface area (Å²) in [5.41, 5.74) is 0.311. The average molecular weight is 325 g/mol. The van der Waals surface area contributed by atoms with Crippen molar-refractivity contribution in [3.8, 4) is 0 Å². The van der Waals surface area contributed by atoms with E-state index in [0.717, 1.165) is 0 Å². The molecule has 0 aromatic rings. The number of aldehydes is 1. The Morgan fingerprint density at radius 2 is 1.86 bits per heavy atom. The predicted molar refractivity (Wildman–Crippen MR) is 95.5 cm³/mol. The van der Waals surface area contributed by atoms with Crippen molar-refractivity contribution < 1.29 is 9.22 Å². The van der Waals surface area contributed by atoms with E-state index < -0.39 is 8.32 Å². The van der Waals surface area contributed by atoms with E-state index in [4.69, 9.17) is 4.43 Å². The molecule has 1 unspecified atom stereocenters. The molecule has 0 aromatic heterocycles. The Kier molecular flexibility index (Phi) is 5.00. The molecule has 0 amide bonds. The maximum atomic E-state index is 11.3. The van der Waals surface area contributed by atoms with Crippen LogP contribution in [0.3, 0.4) is 0 Å². The summed E-state index contributed by atoms with van der Waals surface area (Å²) >= 11 is 0. The highest BCUT2D eigenvalue weighted by Crippen LogP contribution is 2.58. The highest BCUT2D eigenvalue weighted by atomic mass is 28.4. The van der Waals surface area contributed by atoms with Crippen LogP contribution in [-0.2, 0) is 9.22 Å². The highest BCUT2D eigenvalue weighted by Gasteiger charge is 2.54. The molecule has 3 heteroatoms. The SMILES string of the molecule is C[C@@H](C=O)C1CC[C@H]2[C@@H](O[Si](C)(C)C(C)(C)C)CCC[C@]12C. The molecule has 0 radical (unpaired) electrons. The number of fused-ring (bicyclic) bond motifs is 1. The van der Waals surface area contributed by atoms with Gasteiger partial charge in [0.15, 0.2) is 8.32 Å². The second-order valence-electron chi connectivity index (χ2n) is 9.60.